The summed E-state index contributed by atoms with van der Waals surface area (Å²) in [4.78, 5) is 14.3. The van der Waals surface area contributed by atoms with Gasteiger partial charge in [-0.2, -0.15) is 0 Å². The van der Waals surface area contributed by atoms with Crippen LogP contribution in [0.1, 0.15) is 31.7 Å². The number of halogens is 2. The van der Waals surface area contributed by atoms with Gasteiger partial charge in [0, 0.05) is 35.6 Å². The second-order valence-electron chi connectivity index (χ2n) is 5.84. The van der Waals surface area contributed by atoms with Gasteiger partial charge in [0.05, 0.1) is 0 Å². The average molecular weight is 329 g/mol. The van der Waals surface area contributed by atoms with Crippen molar-refractivity contribution in [2.24, 2.45) is 11.7 Å². The Morgan fingerprint density at radius 2 is 2.24 bits per heavy atom. The van der Waals surface area contributed by atoms with Crippen LogP contribution in [0.3, 0.4) is 0 Å². The number of benzene rings is 1. The molecule has 2 unspecified atom stereocenters. The minimum Gasteiger partial charge on any atom is -0.342 e. The molecule has 1 aromatic carbocycles. The van der Waals surface area contributed by atoms with Crippen LogP contribution in [-0.4, -0.2) is 29.9 Å². The Hall–Kier alpha value is -0.770. The SMILES string of the molecule is CC(N)C1CCCN(C(=O)CCc2ccc(Cl)cc2Cl)C1. The molecule has 5 heteroatoms. The summed E-state index contributed by atoms with van der Waals surface area (Å²) in [6.45, 7) is 3.65. The van der Waals surface area contributed by atoms with Crippen LogP contribution >= 0.6 is 23.2 Å². The van der Waals surface area contributed by atoms with Gasteiger partial charge in [-0.1, -0.05) is 29.3 Å². The van der Waals surface area contributed by atoms with Gasteiger partial charge in [-0.05, 0) is 49.8 Å². The van der Waals surface area contributed by atoms with Crippen LogP contribution in [0, 0.1) is 5.92 Å². The van der Waals surface area contributed by atoms with Crippen molar-refractivity contribution in [3.63, 3.8) is 0 Å². The van der Waals surface area contributed by atoms with Crippen LogP contribution in [0.2, 0.25) is 10.0 Å². The monoisotopic (exact) mass is 328 g/mol. The normalized spacial score (nSPS) is 20.4. The summed E-state index contributed by atoms with van der Waals surface area (Å²) in [5, 5.41) is 1.24. The number of nitrogens with zero attached hydrogens (tertiary/aromatic N) is 1. The fraction of sp³-hybridized carbons (Fsp3) is 0.562. The molecule has 2 N–H and O–H groups in total. The third-order valence-electron chi connectivity index (χ3n) is 4.18. The molecule has 1 aliphatic heterocycles. The highest BCUT2D eigenvalue weighted by atomic mass is 35.5. The van der Waals surface area contributed by atoms with Crippen LogP contribution in [-0.2, 0) is 11.2 Å². The lowest BCUT2D eigenvalue weighted by Gasteiger charge is -2.34. The van der Waals surface area contributed by atoms with E-state index in [9.17, 15) is 4.79 Å². The molecule has 1 amide bonds. The predicted molar refractivity (Wildman–Crippen MR) is 87.7 cm³/mol. The van der Waals surface area contributed by atoms with E-state index in [0.29, 0.717) is 28.8 Å². The molecule has 3 nitrogen and oxygen atoms in total. The second kappa shape index (κ2) is 7.48. The Balaban J connectivity index is 1.89. The van der Waals surface area contributed by atoms with Gasteiger partial charge < -0.3 is 10.6 Å². The second-order valence-corrected chi connectivity index (χ2v) is 6.68. The van der Waals surface area contributed by atoms with E-state index in [1.807, 2.05) is 17.9 Å². The topological polar surface area (TPSA) is 46.3 Å². The number of carbonyl (C=O) groups is 1. The number of amides is 1. The van der Waals surface area contributed by atoms with E-state index in [2.05, 4.69) is 0 Å². The van der Waals surface area contributed by atoms with Crippen LogP contribution in [0.15, 0.2) is 18.2 Å². The molecule has 1 fully saturated rings. The predicted octanol–water partition coefficient (Wildman–Crippen LogP) is 3.51. The first kappa shape index (κ1) is 16.6. The summed E-state index contributed by atoms with van der Waals surface area (Å²) in [6, 6.07) is 5.56. The smallest absolute Gasteiger partial charge is 0.222 e. The first-order valence-corrected chi connectivity index (χ1v) is 8.20. The number of likely N-dealkylation sites (tertiary alicyclic amines) is 1. The highest BCUT2D eigenvalue weighted by molar-refractivity contribution is 6.35. The van der Waals surface area contributed by atoms with Gasteiger partial charge in [0.15, 0.2) is 0 Å². The van der Waals surface area contributed by atoms with E-state index >= 15 is 0 Å². The summed E-state index contributed by atoms with van der Waals surface area (Å²) in [6.07, 6.45) is 3.28. The van der Waals surface area contributed by atoms with Crippen molar-refractivity contribution >= 4 is 29.1 Å². The maximum atomic E-state index is 12.3. The molecule has 0 radical (unpaired) electrons. The number of aryl methyl sites for hydroxylation is 1. The third-order valence-corrected chi connectivity index (χ3v) is 4.76. The first-order chi connectivity index (χ1) is 9.97. The standard InChI is InChI=1S/C16H22Cl2N2O/c1-11(19)13-3-2-8-20(10-13)16(21)7-5-12-4-6-14(17)9-15(12)18/h4,6,9,11,13H,2-3,5,7-8,10,19H2,1H3. The maximum absolute atomic E-state index is 12.3. The van der Waals surface area contributed by atoms with Crippen molar-refractivity contribution in [2.45, 2.75) is 38.6 Å². The highest BCUT2D eigenvalue weighted by Crippen LogP contribution is 2.23. The Bertz CT molecular complexity index is 505. The number of piperidine rings is 1. The van der Waals surface area contributed by atoms with Crippen LogP contribution < -0.4 is 5.73 Å². The molecular weight excluding hydrogens is 307 g/mol. The van der Waals surface area contributed by atoms with Crippen molar-refractivity contribution in [2.75, 3.05) is 13.1 Å². The van der Waals surface area contributed by atoms with Crippen LogP contribution in [0.4, 0.5) is 0 Å². The molecule has 116 valence electrons. The maximum Gasteiger partial charge on any atom is 0.222 e. The van der Waals surface area contributed by atoms with Crippen molar-refractivity contribution in [3.05, 3.63) is 33.8 Å². The summed E-state index contributed by atoms with van der Waals surface area (Å²) < 4.78 is 0. The molecular formula is C16H22Cl2N2O. The van der Waals surface area contributed by atoms with Crippen molar-refractivity contribution in [1.82, 2.24) is 4.90 Å². The number of nitrogens with two attached hydrogens (primary N) is 1. The zero-order valence-electron chi connectivity index (χ0n) is 12.3. The molecule has 0 bridgehead atoms. The van der Waals surface area contributed by atoms with E-state index < -0.39 is 0 Å². The van der Waals surface area contributed by atoms with E-state index in [1.165, 1.54) is 0 Å². The summed E-state index contributed by atoms with van der Waals surface area (Å²) in [5.74, 6) is 0.605. The molecule has 2 rings (SSSR count). The largest absolute Gasteiger partial charge is 0.342 e. The molecule has 21 heavy (non-hydrogen) atoms. The quantitative estimate of drug-likeness (QED) is 0.919. The number of carbonyl (C=O) groups excluding carboxylic acids is 1. The van der Waals surface area contributed by atoms with Gasteiger partial charge in [0.2, 0.25) is 5.91 Å². The molecule has 1 aliphatic rings. The number of hydrogen-bond acceptors (Lipinski definition) is 2. The third kappa shape index (κ3) is 4.60. The molecule has 0 aliphatic carbocycles. The first-order valence-electron chi connectivity index (χ1n) is 7.44. The molecule has 1 aromatic rings. The molecule has 0 saturated carbocycles. The summed E-state index contributed by atoms with van der Waals surface area (Å²) in [5.41, 5.74) is 6.93. The zero-order chi connectivity index (χ0) is 15.4. The van der Waals surface area contributed by atoms with E-state index in [1.54, 1.807) is 12.1 Å². The fourth-order valence-corrected chi connectivity index (χ4v) is 3.29. The average Bonchev–Trinajstić information content (AvgIpc) is 2.46. The van der Waals surface area contributed by atoms with Gasteiger partial charge in [-0.15, -0.1) is 0 Å². The Morgan fingerprint density at radius 3 is 2.90 bits per heavy atom. The molecule has 1 saturated heterocycles. The van der Waals surface area contributed by atoms with Crippen molar-refractivity contribution in [3.8, 4) is 0 Å². The van der Waals surface area contributed by atoms with Gasteiger partial charge in [0.1, 0.15) is 0 Å². The fourth-order valence-electron chi connectivity index (χ4n) is 2.79. The van der Waals surface area contributed by atoms with Gasteiger partial charge in [-0.3, -0.25) is 4.79 Å². The minimum absolute atomic E-state index is 0.145. The summed E-state index contributed by atoms with van der Waals surface area (Å²) in [7, 11) is 0. The molecule has 0 aromatic heterocycles. The van der Waals surface area contributed by atoms with Gasteiger partial charge >= 0.3 is 0 Å². The van der Waals surface area contributed by atoms with Crippen LogP contribution in [0.25, 0.3) is 0 Å². The Labute approximate surface area is 136 Å². The van der Waals surface area contributed by atoms with E-state index in [0.717, 1.165) is 31.5 Å². The lowest BCUT2D eigenvalue weighted by Crippen LogP contribution is -2.45. The molecule has 2 atom stereocenters. The van der Waals surface area contributed by atoms with E-state index in [-0.39, 0.29) is 11.9 Å². The van der Waals surface area contributed by atoms with Gasteiger partial charge in [-0.25, -0.2) is 0 Å². The lowest BCUT2D eigenvalue weighted by atomic mass is 9.92. The minimum atomic E-state index is 0.145. The Kier molecular flexibility index (Phi) is 5.91. The van der Waals surface area contributed by atoms with Crippen LogP contribution in [0.5, 0.6) is 0 Å². The summed E-state index contributed by atoms with van der Waals surface area (Å²) >= 11 is 12.0. The van der Waals surface area contributed by atoms with E-state index in [4.69, 9.17) is 28.9 Å². The molecule has 1 heterocycles. The van der Waals surface area contributed by atoms with Crippen molar-refractivity contribution < 1.29 is 4.79 Å². The zero-order valence-corrected chi connectivity index (χ0v) is 13.8. The highest BCUT2D eigenvalue weighted by Gasteiger charge is 2.25. The number of hydrogen-bond donors (Lipinski definition) is 1. The van der Waals surface area contributed by atoms with Crippen molar-refractivity contribution in [1.29, 1.82) is 0 Å². The van der Waals surface area contributed by atoms with Gasteiger partial charge in [0.25, 0.3) is 0 Å². The number of rotatable bonds is 4. The molecule has 0 spiro atoms. The Morgan fingerprint density at radius 1 is 1.48 bits per heavy atom. The lowest BCUT2D eigenvalue weighted by molar-refractivity contribution is -0.133.